The smallest absolute Gasteiger partial charge is 0.233 e. The van der Waals surface area contributed by atoms with E-state index in [0.717, 1.165) is 32.3 Å². The third-order valence-corrected chi connectivity index (χ3v) is 6.64. The standard InChI is InChI=1S/C23H31N3O2/c1-27-21-16-19(17-25-26-21)8-2-4-10-22(20-9-3-7-14-24-20)13-15-28-23(18-22)11-5-6-12-23/h3,7,9,14,16-17H,2,4-6,8,10-13,15,18H2,1H3. The summed E-state index contributed by atoms with van der Waals surface area (Å²) in [4.78, 5) is 4.80. The predicted octanol–water partition coefficient (Wildman–Crippen LogP) is 4.65. The molecule has 1 atom stereocenters. The highest BCUT2D eigenvalue weighted by molar-refractivity contribution is 5.21. The summed E-state index contributed by atoms with van der Waals surface area (Å²) in [5, 5.41) is 7.99. The van der Waals surface area contributed by atoms with Gasteiger partial charge in [0.05, 0.1) is 18.9 Å². The fraction of sp³-hybridized carbons (Fsp3) is 0.609. The molecule has 0 bridgehead atoms. The van der Waals surface area contributed by atoms with Crippen LogP contribution in [0.2, 0.25) is 0 Å². The maximum absolute atomic E-state index is 6.35. The molecule has 5 heteroatoms. The van der Waals surface area contributed by atoms with Crippen molar-refractivity contribution in [3.05, 3.63) is 47.9 Å². The summed E-state index contributed by atoms with van der Waals surface area (Å²) in [5.74, 6) is 0.593. The zero-order valence-electron chi connectivity index (χ0n) is 16.9. The van der Waals surface area contributed by atoms with Crippen LogP contribution in [0.25, 0.3) is 0 Å². The van der Waals surface area contributed by atoms with Crippen LogP contribution in [0, 0.1) is 0 Å². The van der Waals surface area contributed by atoms with Gasteiger partial charge in [0.2, 0.25) is 5.88 Å². The summed E-state index contributed by atoms with van der Waals surface area (Å²) in [6, 6.07) is 8.37. The van der Waals surface area contributed by atoms with Gasteiger partial charge in [0.15, 0.2) is 0 Å². The topological polar surface area (TPSA) is 57.1 Å². The van der Waals surface area contributed by atoms with Crippen molar-refractivity contribution >= 4 is 0 Å². The second-order valence-electron chi connectivity index (χ2n) is 8.47. The van der Waals surface area contributed by atoms with E-state index in [9.17, 15) is 0 Å². The van der Waals surface area contributed by atoms with E-state index in [0.29, 0.717) is 5.88 Å². The molecule has 1 saturated heterocycles. The van der Waals surface area contributed by atoms with Gasteiger partial charge in [-0.3, -0.25) is 4.98 Å². The minimum atomic E-state index is 0.0954. The SMILES string of the molecule is COc1cc(CCCCC2(c3ccccn3)CCOC3(CCCC3)C2)cnn1. The Morgan fingerprint density at radius 3 is 2.82 bits per heavy atom. The van der Waals surface area contributed by atoms with Crippen LogP contribution in [0.15, 0.2) is 36.7 Å². The Balaban J connectivity index is 1.44. The van der Waals surface area contributed by atoms with Crippen LogP contribution in [-0.4, -0.2) is 34.5 Å². The van der Waals surface area contributed by atoms with E-state index in [-0.39, 0.29) is 11.0 Å². The first kappa shape index (κ1) is 19.3. The lowest BCUT2D eigenvalue weighted by molar-refractivity contribution is -0.104. The van der Waals surface area contributed by atoms with Gasteiger partial charge in [-0.05, 0) is 62.6 Å². The first-order chi connectivity index (χ1) is 13.7. The van der Waals surface area contributed by atoms with Crippen LogP contribution in [0.4, 0.5) is 0 Å². The van der Waals surface area contributed by atoms with Gasteiger partial charge in [0.25, 0.3) is 0 Å². The molecule has 0 radical (unpaired) electrons. The van der Waals surface area contributed by atoms with E-state index in [1.807, 2.05) is 24.5 Å². The Labute approximate surface area is 167 Å². The molecule has 4 rings (SSSR count). The fourth-order valence-electron chi connectivity index (χ4n) is 5.21. The summed E-state index contributed by atoms with van der Waals surface area (Å²) in [6.07, 6.45) is 15.5. The molecule has 1 unspecified atom stereocenters. The number of aromatic nitrogens is 3. The summed E-state index contributed by atoms with van der Waals surface area (Å²) < 4.78 is 11.5. The number of methoxy groups -OCH3 is 1. The van der Waals surface area contributed by atoms with Crippen molar-refractivity contribution in [3.63, 3.8) is 0 Å². The number of hydrogen-bond acceptors (Lipinski definition) is 5. The summed E-state index contributed by atoms with van der Waals surface area (Å²) in [5.41, 5.74) is 2.70. The van der Waals surface area contributed by atoms with E-state index in [1.54, 1.807) is 7.11 Å². The number of pyridine rings is 1. The number of aryl methyl sites for hydroxylation is 1. The minimum Gasteiger partial charge on any atom is -0.480 e. The number of ether oxygens (including phenoxy) is 2. The van der Waals surface area contributed by atoms with Crippen molar-refractivity contribution in [1.82, 2.24) is 15.2 Å². The third-order valence-electron chi connectivity index (χ3n) is 6.64. The summed E-state index contributed by atoms with van der Waals surface area (Å²) in [6.45, 7) is 0.863. The molecule has 2 aromatic rings. The Kier molecular flexibility index (Phi) is 5.90. The van der Waals surface area contributed by atoms with Gasteiger partial charge in [-0.15, -0.1) is 5.10 Å². The van der Waals surface area contributed by atoms with E-state index < -0.39 is 0 Å². The Morgan fingerprint density at radius 2 is 2.04 bits per heavy atom. The molecule has 3 heterocycles. The van der Waals surface area contributed by atoms with Crippen molar-refractivity contribution in [2.24, 2.45) is 0 Å². The van der Waals surface area contributed by atoms with E-state index in [4.69, 9.17) is 14.5 Å². The second kappa shape index (κ2) is 8.56. The minimum absolute atomic E-state index is 0.0954. The molecule has 5 nitrogen and oxygen atoms in total. The number of nitrogens with zero attached hydrogens (tertiary/aromatic N) is 3. The van der Waals surface area contributed by atoms with Crippen LogP contribution in [0.3, 0.4) is 0 Å². The Hall–Kier alpha value is -2.01. The molecule has 2 aromatic heterocycles. The first-order valence-corrected chi connectivity index (χ1v) is 10.6. The number of hydrogen-bond donors (Lipinski definition) is 0. The molecule has 1 aliphatic heterocycles. The third kappa shape index (κ3) is 4.19. The molecule has 0 amide bonds. The molecule has 2 aliphatic rings. The number of unbranched alkanes of at least 4 members (excludes halogenated alkanes) is 1. The molecule has 150 valence electrons. The highest BCUT2D eigenvalue weighted by Gasteiger charge is 2.48. The molecule has 28 heavy (non-hydrogen) atoms. The van der Waals surface area contributed by atoms with Gasteiger partial charge in [-0.1, -0.05) is 25.3 Å². The molecule has 0 N–H and O–H groups in total. The Morgan fingerprint density at radius 1 is 1.14 bits per heavy atom. The molecule has 1 aliphatic carbocycles. The fourth-order valence-corrected chi connectivity index (χ4v) is 5.21. The Bertz CT molecular complexity index is 761. The van der Waals surface area contributed by atoms with Crippen molar-refractivity contribution < 1.29 is 9.47 Å². The van der Waals surface area contributed by atoms with Crippen molar-refractivity contribution in [3.8, 4) is 5.88 Å². The summed E-state index contributed by atoms with van der Waals surface area (Å²) in [7, 11) is 1.63. The van der Waals surface area contributed by atoms with Gasteiger partial charge in [0, 0.05) is 30.0 Å². The van der Waals surface area contributed by atoms with Gasteiger partial charge in [-0.25, -0.2) is 0 Å². The van der Waals surface area contributed by atoms with Gasteiger partial charge >= 0.3 is 0 Å². The van der Waals surface area contributed by atoms with Crippen LogP contribution in [-0.2, 0) is 16.6 Å². The molecule has 1 saturated carbocycles. The lowest BCUT2D eigenvalue weighted by Gasteiger charge is -2.46. The highest BCUT2D eigenvalue weighted by Crippen LogP contribution is 2.50. The van der Waals surface area contributed by atoms with Crippen LogP contribution >= 0.6 is 0 Å². The highest BCUT2D eigenvalue weighted by atomic mass is 16.5. The van der Waals surface area contributed by atoms with Crippen molar-refractivity contribution in [1.29, 1.82) is 0 Å². The van der Waals surface area contributed by atoms with Gasteiger partial charge in [0.1, 0.15) is 0 Å². The monoisotopic (exact) mass is 381 g/mol. The normalized spacial score (nSPS) is 23.8. The van der Waals surface area contributed by atoms with E-state index in [2.05, 4.69) is 22.3 Å². The van der Waals surface area contributed by atoms with E-state index >= 15 is 0 Å². The average Bonchev–Trinajstić information content (AvgIpc) is 3.19. The predicted molar refractivity (Wildman–Crippen MR) is 108 cm³/mol. The largest absolute Gasteiger partial charge is 0.480 e. The lowest BCUT2D eigenvalue weighted by Crippen LogP contribution is -2.46. The zero-order valence-corrected chi connectivity index (χ0v) is 16.9. The van der Waals surface area contributed by atoms with E-state index in [1.165, 1.54) is 49.8 Å². The molecule has 1 spiro atoms. The zero-order chi connectivity index (χ0) is 19.3. The van der Waals surface area contributed by atoms with Crippen LogP contribution in [0.1, 0.15) is 69.0 Å². The average molecular weight is 382 g/mol. The summed E-state index contributed by atoms with van der Waals surface area (Å²) >= 11 is 0. The van der Waals surface area contributed by atoms with Crippen LogP contribution < -0.4 is 4.74 Å². The number of rotatable bonds is 7. The molecular formula is C23H31N3O2. The van der Waals surface area contributed by atoms with Crippen LogP contribution in [0.5, 0.6) is 5.88 Å². The maximum Gasteiger partial charge on any atom is 0.233 e. The van der Waals surface area contributed by atoms with Crippen molar-refractivity contribution in [2.75, 3.05) is 13.7 Å². The molecular weight excluding hydrogens is 350 g/mol. The maximum atomic E-state index is 6.35. The molecule has 0 aromatic carbocycles. The lowest BCUT2D eigenvalue weighted by atomic mass is 9.67. The van der Waals surface area contributed by atoms with Crippen molar-refractivity contribution in [2.45, 2.75) is 75.2 Å². The first-order valence-electron chi connectivity index (χ1n) is 10.6. The quantitative estimate of drug-likeness (QED) is 0.653. The van der Waals surface area contributed by atoms with Gasteiger partial charge in [-0.2, -0.15) is 5.10 Å². The second-order valence-corrected chi connectivity index (χ2v) is 8.47. The van der Waals surface area contributed by atoms with Gasteiger partial charge < -0.3 is 9.47 Å². The molecule has 2 fully saturated rings.